The SMILES string of the molecule is CCN(CC(N)c1ccc(F)c(F)c1)c1ccccc1F. The highest BCUT2D eigenvalue weighted by molar-refractivity contribution is 5.48. The molecule has 0 aliphatic rings. The van der Waals surface area contributed by atoms with Crippen molar-refractivity contribution >= 4 is 5.69 Å². The fourth-order valence-electron chi connectivity index (χ4n) is 2.19. The van der Waals surface area contributed by atoms with Crippen LogP contribution in [-0.4, -0.2) is 13.1 Å². The maximum atomic E-state index is 13.8. The van der Waals surface area contributed by atoms with Gasteiger partial charge < -0.3 is 10.6 Å². The van der Waals surface area contributed by atoms with Crippen molar-refractivity contribution in [2.24, 2.45) is 5.73 Å². The molecule has 0 aliphatic heterocycles. The molecule has 2 nitrogen and oxygen atoms in total. The first kappa shape index (κ1) is 15.4. The van der Waals surface area contributed by atoms with Crippen molar-refractivity contribution in [1.29, 1.82) is 0 Å². The van der Waals surface area contributed by atoms with Crippen LogP contribution in [0.4, 0.5) is 18.9 Å². The first-order valence-electron chi connectivity index (χ1n) is 6.73. The van der Waals surface area contributed by atoms with Gasteiger partial charge in [0.25, 0.3) is 0 Å². The lowest BCUT2D eigenvalue weighted by atomic mass is 10.1. The van der Waals surface area contributed by atoms with Gasteiger partial charge in [-0.3, -0.25) is 0 Å². The van der Waals surface area contributed by atoms with Crippen LogP contribution in [0, 0.1) is 17.5 Å². The quantitative estimate of drug-likeness (QED) is 0.912. The highest BCUT2D eigenvalue weighted by Gasteiger charge is 2.16. The van der Waals surface area contributed by atoms with Gasteiger partial charge in [0, 0.05) is 19.1 Å². The molecular formula is C16H17F3N2. The Kier molecular flexibility index (Phi) is 4.85. The zero-order chi connectivity index (χ0) is 15.4. The summed E-state index contributed by atoms with van der Waals surface area (Å²) in [6.07, 6.45) is 0. The van der Waals surface area contributed by atoms with Gasteiger partial charge in [-0.1, -0.05) is 18.2 Å². The summed E-state index contributed by atoms with van der Waals surface area (Å²) in [5, 5.41) is 0. The number of hydrogen-bond acceptors (Lipinski definition) is 2. The van der Waals surface area contributed by atoms with Crippen molar-refractivity contribution in [3.05, 3.63) is 65.5 Å². The predicted molar refractivity (Wildman–Crippen MR) is 77.6 cm³/mol. The van der Waals surface area contributed by atoms with E-state index in [1.54, 1.807) is 23.1 Å². The Balaban J connectivity index is 2.18. The molecule has 2 N–H and O–H groups in total. The molecule has 0 aromatic heterocycles. The molecule has 0 saturated heterocycles. The van der Waals surface area contributed by atoms with Gasteiger partial charge in [-0.15, -0.1) is 0 Å². The fourth-order valence-corrected chi connectivity index (χ4v) is 2.19. The van der Waals surface area contributed by atoms with Crippen molar-refractivity contribution < 1.29 is 13.2 Å². The van der Waals surface area contributed by atoms with E-state index in [-0.39, 0.29) is 5.82 Å². The van der Waals surface area contributed by atoms with Crippen LogP contribution in [0.3, 0.4) is 0 Å². The molecular weight excluding hydrogens is 277 g/mol. The second kappa shape index (κ2) is 6.63. The summed E-state index contributed by atoms with van der Waals surface area (Å²) in [6, 6.07) is 9.42. The molecule has 0 bridgehead atoms. The molecule has 0 fully saturated rings. The molecule has 0 heterocycles. The molecule has 21 heavy (non-hydrogen) atoms. The lowest BCUT2D eigenvalue weighted by Crippen LogP contribution is -2.32. The Hall–Kier alpha value is -2.01. The summed E-state index contributed by atoms with van der Waals surface area (Å²) in [5.74, 6) is -2.18. The van der Waals surface area contributed by atoms with Gasteiger partial charge in [0.1, 0.15) is 5.82 Å². The second-order valence-corrected chi connectivity index (χ2v) is 4.77. The topological polar surface area (TPSA) is 29.3 Å². The van der Waals surface area contributed by atoms with Crippen molar-refractivity contribution in [2.45, 2.75) is 13.0 Å². The lowest BCUT2D eigenvalue weighted by molar-refractivity contribution is 0.504. The number of anilines is 1. The Morgan fingerprint density at radius 2 is 1.71 bits per heavy atom. The monoisotopic (exact) mass is 294 g/mol. The molecule has 0 amide bonds. The molecule has 5 heteroatoms. The molecule has 1 atom stereocenters. The Morgan fingerprint density at radius 1 is 1.00 bits per heavy atom. The molecule has 0 aliphatic carbocycles. The summed E-state index contributed by atoms with van der Waals surface area (Å²) in [4.78, 5) is 1.77. The van der Waals surface area contributed by atoms with Crippen molar-refractivity contribution in [3.63, 3.8) is 0 Å². The van der Waals surface area contributed by atoms with Gasteiger partial charge in [-0.25, -0.2) is 13.2 Å². The van der Waals surface area contributed by atoms with Crippen LogP contribution in [0.2, 0.25) is 0 Å². The molecule has 2 aromatic rings. The predicted octanol–water partition coefficient (Wildman–Crippen LogP) is 3.63. The Labute approximate surface area is 122 Å². The highest BCUT2D eigenvalue weighted by Crippen LogP contribution is 2.22. The van der Waals surface area contributed by atoms with E-state index in [1.165, 1.54) is 12.1 Å². The normalized spacial score (nSPS) is 12.2. The van der Waals surface area contributed by atoms with E-state index in [0.717, 1.165) is 12.1 Å². The summed E-state index contributed by atoms with van der Waals surface area (Å²) in [5.41, 5.74) is 6.94. The number of benzene rings is 2. The van der Waals surface area contributed by atoms with Crippen LogP contribution in [0.15, 0.2) is 42.5 Å². The Bertz CT molecular complexity index is 616. The van der Waals surface area contributed by atoms with E-state index in [1.807, 2.05) is 6.92 Å². The average Bonchev–Trinajstić information content (AvgIpc) is 2.48. The number of para-hydroxylation sites is 1. The van der Waals surface area contributed by atoms with Crippen LogP contribution in [-0.2, 0) is 0 Å². The van der Waals surface area contributed by atoms with Crippen LogP contribution in [0.1, 0.15) is 18.5 Å². The molecule has 0 radical (unpaired) electrons. The molecule has 112 valence electrons. The first-order valence-corrected chi connectivity index (χ1v) is 6.73. The number of halogens is 3. The number of hydrogen-bond donors (Lipinski definition) is 1. The largest absolute Gasteiger partial charge is 0.368 e. The molecule has 0 saturated carbocycles. The van der Waals surface area contributed by atoms with Gasteiger partial charge in [-0.05, 0) is 36.8 Å². The second-order valence-electron chi connectivity index (χ2n) is 4.77. The summed E-state index contributed by atoms with van der Waals surface area (Å²) >= 11 is 0. The van der Waals surface area contributed by atoms with Gasteiger partial charge in [0.2, 0.25) is 0 Å². The zero-order valence-electron chi connectivity index (χ0n) is 11.7. The van der Waals surface area contributed by atoms with Gasteiger partial charge in [0.05, 0.1) is 5.69 Å². The minimum absolute atomic E-state index is 0.308. The third kappa shape index (κ3) is 3.55. The minimum Gasteiger partial charge on any atom is -0.368 e. The summed E-state index contributed by atoms with van der Waals surface area (Å²) < 4.78 is 40.0. The van der Waals surface area contributed by atoms with E-state index in [9.17, 15) is 13.2 Å². The molecule has 2 aromatic carbocycles. The number of likely N-dealkylation sites (N-methyl/N-ethyl adjacent to an activating group) is 1. The maximum absolute atomic E-state index is 13.8. The third-order valence-corrected chi connectivity index (χ3v) is 3.36. The smallest absolute Gasteiger partial charge is 0.159 e. The fraction of sp³-hybridized carbons (Fsp3) is 0.250. The molecule has 0 spiro atoms. The van der Waals surface area contributed by atoms with Crippen LogP contribution in [0.25, 0.3) is 0 Å². The summed E-state index contributed by atoms with van der Waals surface area (Å²) in [7, 11) is 0. The van der Waals surface area contributed by atoms with Crippen molar-refractivity contribution in [1.82, 2.24) is 0 Å². The molecule has 1 unspecified atom stereocenters. The number of rotatable bonds is 5. The average molecular weight is 294 g/mol. The van der Waals surface area contributed by atoms with Gasteiger partial charge in [0.15, 0.2) is 11.6 Å². The molecule has 2 rings (SSSR count). The van der Waals surface area contributed by atoms with Crippen molar-refractivity contribution in [3.8, 4) is 0 Å². The zero-order valence-corrected chi connectivity index (χ0v) is 11.7. The van der Waals surface area contributed by atoms with E-state index in [4.69, 9.17) is 5.73 Å². The van der Waals surface area contributed by atoms with Crippen LogP contribution >= 0.6 is 0 Å². The van der Waals surface area contributed by atoms with E-state index in [0.29, 0.717) is 24.3 Å². The standard InChI is InChI=1S/C16H17F3N2/c1-2-21(16-6-4-3-5-13(16)18)10-15(20)11-7-8-12(17)14(19)9-11/h3-9,15H,2,10,20H2,1H3. The lowest BCUT2D eigenvalue weighted by Gasteiger charge is -2.27. The first-order chi connectivity index (χ1) is 10.0. The van der Waals surface area contributed by atoms with Crippen LogP contribution in [0.5, 0.6) is 0 Å². The van der Waals surface area contributed by atoms with E-state index in [2.05, 4.69) is 0 Å². The van der Waals surface area contributed by atoms with E-state index >= 15 is 0 Å². The van der Waals surface area contributed by atoms with Gasteiger partial charge in [-0.2, -0.15) is 0 Å². The van der Waals surface area contributed by atoms with Crippen molar-refractivity contribution in [2.75, 3.05) is 18.0 Å². The number of nitrogens with two attached hydrogens (primary N) is 1. The third-order valence-electron chi connectivity index (χ3n) is 3.36. The van der Waals surface area contributed by atoms with Crippen LogP contribution < -0.4 is 10.6 Å². The number of nitrogens with zero attached hydrogens (tertiary/aromatic N) is 1. The van der Waals surface area contributed by atoms with Gasteiger partial charge >= 0.3 is 0 Å². The minimum atomic E-state index is -0.933. The highest BCUT2D eigenvalue weighted by atomic mass is 19.2. The Morgan fingerprint density at radius 3 is 2.33 bits per heavy atom. The maximum Gasteiger partial charge on any atom is 0.159 e. The van der Waals surface area contributed by atoms with E-state index < -0.39 is 17.7 Å². The summed E-state index contributed by atoms with van der Waals surface area (Å²) in [6.45, 7) is 2.74.